The second-order valence-corrected chi connectivity index (χ2v) is 3.87. The topological polar surface area (TPSA) is 52.9 Å². The fourth-order valence-electron chi connectivity index (χ4n) is 0.864. The first-order chi connectivity index (χ1) is 6.27. The molecule has 0 aromatic heterocycles. The third-order valence-electron chi connectivity index (χ3n) is 1.53. The maximum Gasteiger partial charge on any atom is 0.116 e. The van der Waals surface area contributed by atoms with Crippen molar-refractivity contribution in [2.45, 2.75) is 6.92 Å². The van der Waals surface area contributed by atoms with Gasteiger partial charge in [0, 0.05) is 5.75 Å². The van der Waals surface area contributed by atoms with Gasteiger partial charge in [-0.1, -0.05) is 19.1 Å². The average Bonchev–Trinajstić information content (AvgIpc) is 2.18. The van der Waals surface area contributed by atoms with Crippen molar-refractivity contribution in [1.82, 2.24) is 0 Å². The van der Waals surface area contributed by atoms with Gasteiger partial charge < -0.3 is 4.72 Å². The van der Waals surface area contributed by atoms with Crippen LogP contribution in [-0.4, -0.2) is 9.96 Å². The van der Waals surface area contributed by atoms with Crippen molar-refractivity contribution in [2.75, 3.05) is 10.5 Å². The number of nitrogens with one attached hydrogen (secondary N) is 1. The van der Waals surface area contributed by atoms with Crippen molar-refractivity contribution in [2.24, 2.45) is 0 Å². The van der Waals surface area contributed by atoms with E-state index in [0.717, 1.165) is 0 Å². The van der Waals surface area contributed by atoms with Crippen LogP contribution in [0.3, 0.4) is 0 Å². The van der Waals surface area contributed by atoms with E-state index in [1.165, 1.54) is 0 Å². The number of para-hydroxylation sites is 1. The third kappa shape index (κ3) is 2.56. The third-order valence-corrected chi connectivity index (χ3v) is 2.51. The van der Waals surface area contributed by atoms with Crippen LogP contribution in [-0.2, 0) is 11.0 Å². The molecule has 1 rings (SSSR count). The van der Waals surface area contributed by atoms with Gasteiger partial charge in [0.25, 0.3) is 0 Å². The zero-order valence-corrected chi connectivity index (χ0v) is 8.10. The van der Waals surface area contributed by atoms with Crippen LogP contribution in [0.15, 0.2) is 24.3 Å². The van der Waals surface area contributed by atoms with Gasteiger partial charge in [0.05, 0.1) is 11.3 Å². The normalized spacial score (nSPS) is 11.7. The van der Waals surface area contributed by atoms with Crippen molar-refractivity contribution in [3.63, 3.8) is 0 Å². The van der Waals surface area contributed by atoms with Crippen LogP contribution in [0.4, 0.5) is 5.69 Å². The maximum atomic E-state index is 11.1. The number of nitrogens with zero attached hydrogens (tertiary/aromatic N) is 1. The van der Waals surface area contributed by atoms with Gasteiger partial charge in [0.15, 0.2) is 0 Å². The van der Waals surface area contributed by atoms with Gasteiger partial charge in [-0.3, -0.25) is 0 Å². The van der Waals surface area contributed by atoms with E-state index in [2.05, 4.69) is 4.72 Å². The molecule has 0 heterocycles. The predicted octanol–water partition coefficient (Wildman–Crippen LogP) is 1.65. The van der Waals surface area contributed by atoms with Gasteiger partial charge in [-0.05, 0) is 12.1 Å². The van der Waals surface area contributed by atoms with E-state index in [4.69, 9.17) is 5.26 Å². The molecule has 1 unspecified atom stereocenters. The lowest BCUT2D eigenvalue weighted by Crippen LogP contribution is -2.07. The molecule has 4 heteroatoms. The predicted molar refractivity (Wildman–Crippen MR) is 53.5 cm³/mol. The minimum absolute atomic E-state index is 0.518. The molecule has 1 aromatic carbocycles. The Morgan fingerprint density at radius 2 is 2.23 bits per heavy atom. The Balaban J connectivity index is 2.89. The number of rotatable bonds is 3. The zero-order valence-electron chi connectivity index (χ0n) is 7.28. The Labute approximate surface area is 80.0 Å². The van der Waals surface area contributed by atoms with Crippen LogP contribution < -0.4 is 4.72 Å². The summed E-state index contributed by atoms with van der Waals surface area (Å²) in [5.41, 5.74) is 1.15. The average molecular weight is 194 g/mol. The first-order valence-corrected chi connectivity index (χ1v) is 5.24. The molecule has 0 amide bonds. The smallest absolute Gasteiger partial charge is 0.116 e. The first-order valence-electron chi connectivity index (χ1n) is 3.92. The quantitative estimate of drug-likeness (QED) is 0.795. The Morgan fingerprint density at radius 1 is 1.54 bits per heavy atom. The summed E-state index contributed by atoms with van der Waals surface area (Å²) in [6.07, 6.45) is 0. The van der Waals surface area contributed by atoms with Gasteiger partial charge in [0.1, 0.15) is 17.1 Å². The van der Waals surface area contributed by atoms with E-state index >= 15 is 0 Å². The molecule has 0 aliphatic heterocycles. The van der Waals surface area contributed by atoms with Crippen molar-refractivity contribution < 1.29 is 4.21 Å². The molecule has 3 nitrogen and oxygen atoms in total. The van der Waals surface area contributed by atoms with E-state index in [9.17, 15) is 4.21 Å². The summed E-state index contributed by atoms with van der Waals surface area (Å²) in [6.45, 7) is 1.82. The lowest BCUT2D eigenvalue weighted by Gasteiger charge is -2.04. The Morgan fingerprint density at radius 3 is 2.85 bits per heavy atom. The van der Waals surface area contributed by atoms with E-state index in [-0.39, 0.29) is 0 Å². The Hall–Kier alpha value is -1.34. The summed E-state index contributed by atoms with van der Waals surface area (Å²) in [5.74, 6) is 0.528. The second kappa shape index (κ2) is 4.63. The molecule has 0 aliphatic rings. The number of anilines is 1. The summed E-state index contributed by atoms with van der Waals surface area (Å²) < 4.78 is 13.9. The van der Waals surface area contributed by atoms with Crippen LogP contribution in [0.25, 0.3) is 0 Å². The minimum atomic E-state index is -1.09. The molecule has 1 atom stereocenters. The van der Waals surface area contributed by atoms with Crippen LogP contribution in [0.1, 0.15) is 12.5 Å². The molecular weight excluding hydrogens is 184 g/mol. The standard InChI is InChI=1S/C9H10N2OS/c1-2-13(12)11-9-6-4-3-5-8(9)7-10/h3-6,11H,2H2,1H3. The van der Waals surface area contributed by atoms with Gasteiger partial charge >= 0.3 is 0 Å². The zero-order chi connectivity index (χ0) is 9.68. The fraction of sp³-hybridized carbons (Fsp3) is 0.222. The number of hydrogen-bond donors (Lipinski definition) is 1. The number of hydrogen-bond acceptors (Lipinski definition) is 2. The highest BCUT2D eigenvalue weighted by molar-refractivity contribution is 7.86. The lowest BCUT2D eigenvalue weighted by atomic mass is 10.2. The summed E-state index contributed by atoms with van der Waals surface area (Å²) in [6, 6.07) is 9.04. The fourth-order valence-corrected chi connectivity index (χ4v) is 1.43. The van der Waals surface area contributed by atoms with Crippen LogP contribution >= 0.6 is 0 Å². The van der Waals surface area contributed by atoms with Crippen molar-refractivity contribution >= 4 is 16.7 Å². The van der Waals surface area contributed by atoms with Gasteiger partial charge in [0.2, 0.25) is 0 Å². The molecule has 0 saturated heterocycles. The highest BCUT2D eigenvalue weighted by Crippen LogP contribution is 2.13. The SMILES string of the molecule is CCS(=O)Nc1ccccc1C#N. The van der Waals surface area contributed by atoms with Crippen LogP contribution in [0.2, 0.25) is 0 Å². The number of benzene rings is 1. The van der Waals surface area contributed by atoms with Crippen LogP contribution in [0.5, 0.6) is 0 Å². The maximum absolute atomic E-state index is 11.1. The molecule has 0 bridgehead atoms. The van der Waals surface area contributed by atoms with Crippen molar-refractivity contribution in [3.8, 4) is 6.07 Å². The molecule has 0 radical (unpaired) electrons. The molecule has 1 aromatic rings. The van der Waals surface area contributed by atoms with E-state index < -0.39 is 11.0 Å². The van der Waals surface area contributed by atoms with Crippen molar-refractivity contribution in [1.29, 1.82) is 5.26 Å². The minimum Gasteiger partial charge on any atom is -0.304 e. The molecule has 0 fully saturated rings. The largest absolute Gasteiger partial charge is 0.304 e. The highest BCUT2D eigenvalue weighted by atomic mass is 32.2. The lowest BCUT2D eigenvalue weighted by molar-refractivity contribution is 0.687. The summed E-state index contributed by atoms with van der Waals surface area (Å²) >= 11 is 0. The molecule has 13 heavy (non-hydrogen) atoms. The Kier molecular flexibility index (Phi) is 3.47. The Bertz CT molecular complexity index is 357. The molecule has 0 spiro atoms. The monoisotopic (exact) mass is 194 g/mol. The first kappa shape index (κ1) is 9.75. The van der Waals surface area contributed by atoms with Gasteiger partial charge in [-0.2, -0.15) is 5.26 Å². The van der Waals surface area contributed by atoms with Gasteiger partial charge in [-0.25, -0.2) is 4.21 Å². The van der Waals surface area contributed by atoms with E-state index in [1.807, 2.05) is 13.0 Å². The summed E-state index contributed by atoms with van der Waals surface area (Å²) in [5, 5.41) is 8.72. The molecule has 0 aliphatic carbocycles. The van der Waals surface area contributed by atoms with Crippen molar-refractivity contribution in [3.05, 3.63) is 29.8 Å². The summed E-state index contributed by atoms with van der Waals surface area (Å²) in [4.78, 5) is 0. The molecular formula is C9H10N2OS. The highest BCUT2D eigenvalue weighted by Gasteiger charge is 2.01. The van der Waals surface area contributed by atoms with Gasteiger partial charge in [-0.15, -0.1) is 0 Å². The molecule has 1 N–H and O–H groups in total. The van der Waals surface area contributed by atoms with Crippen LogP contribution in [0, 0.1) is 11.3 Å². The molecule has 0 saturated carbocycles. The van der Waals surface area contributed by atoms with E-state index in [1.54, 1.807) is 24.3 Å². The summed E-state index contributed by atoms with van der Waals surface area (Å²) in [7, 11) is -1.09. The number of nitriles is 1. The molecule has 68 valence electrons. The second-order valence-electron chi connectivity index (χ2n) is 2.39. The van der Waals surface area contributed by atoms with E-state index in [0.29, 0.717) is 17.0 Å².